The molecule has 2 N–H and O–H groups in total. The highest BCUT2D eigenvalue weighted by molar-refractivity contribution is 5.79. The molecule has 0 aromatic carbocycles. The number of pyridine rings is 1. The molecule has 1 fully saturated rings. The van der Waals surface area contributed by atoms with Crippen LogP contribution in [-0.4, -0.2) is 30.0 Å². The molecule has 17 heavy (non-hydrogen) atoms. The van der Waals surface area contributed by atoms with Crippen molar-refractivity contribution >= 4 is 5.91 Å². The molecule has 0 bridgehead atoms. The first-order chi connectivity index (χ1) is 8.27. The molecule has 1 saturated heterocycles. The second kappa shape index (κ2) is 5.77. The van der Waals surface area contributed by atoms with Crippen molar-refractivity contribution in [2.45, 2.75) is 25.8 Å². The second-order valence-electron chi connectivity index (χ2n) is 4.53. The molecular weight excluding hydrogens is 214 g/mol. The van der Waals surface area contributed by atoms with Crippen LogP contribution in [0.4, 0.5) is 0 Å². The van der Waals surface area contributed by atoms with Gasteiger partial charge in [0.25, 0.3) is 0 Å². The van der Waals surface area contributed by atoms with Gasteiger partial charge in [-0.05, 0) is 44.0 Å². The van der Waals surface area contributed by atoms with Crippen LogP contribution in [0.2, 0.25) is 0 Å². The zero-order valence-corrected chi connectivity index (χ0v) is 10.1. The largest absolute Gasteiger partial charge is 0.355 e. The van der Waals surface area contributed by atoms with Crippen molar-refractivity contribution in [2.24, 2.45) is 5.92 Å². The summed E-state index contributed by atoms with van der Waals surface area (Å²) < 4.78 is 0. The average Bonchev–Trinajstić information content (AvgIpc) is 2.77. The van der Waals surface area contributed by atoms with Gasteiger partial charge >= 0.3 is 0 Å². The van der Waals surface area contributed by atoms with Gasteiger partial charge in [0.05, 0.1) is 5.92 Å². The Morgan fingerprint density at radius 2 is 2.29 bits per heavy atom. The van der Waals surface area contributed by atoms with Crippen LogP contribution < -0.4 is 10.6 Å². The number of rotatable bonds is 4. The maximum absolute atomic E-state index is 11.9. The number of carbonyl (C=O) groups is 1. The van der Waals surface area contributed by atoms with Crippen LogP contribution in [0.3, 0.4) is 0 Å². The van der Waals surface area contributed by atoms with E-state index >= 15 is 0 Å². The number of hydrogen-bond donors (Lipinski definition) is 2. The van der Waals surface area contributed by atoms with Gasteiger partial charge in [-0.2, -0.15) is 0 Å². The molecule has 2 unspecified atom stereocenters. The summed E-state index contributed by atoms with van der Waals surface area (Å²) in [6, 6.07) is 4.26. The maximum Gasteiger partial charge on any atom is 0.224 e. The smallest absolute Gasteiger partial charge is 0.224 e. The van der Waals surface area contributed by atoms with Crippen molar-refractivity contribution in [3.8, 4) is 0 Å². The van der Waals surface area contributed by atoms with E-state index in [0.717, 1.165) is 19.4 Å². The lowest BCUT2D eigenvalue weighted by Gasteiger charge is -2.14. The monoisotopic (exact) mass is 233 g/mol. The number of nitrogens with zero attached hydrogens (tertiary/aromatic N) is 1. The fourth-order valence-corrected chi connectivity index (χ4v) is 2.23. The van der Waals surface area contributed by atoms with E-state index < -0.39 is 0 Å². The summed E-state index contributed by atoms with van der Waals surface area (Å²) in [7, 11) is 0. The third-order valence-electron chi connectivity index (χ3n) is 3.32. The Morgan fingerprint density at radius 1 is 1.53 bits per heavy atom. The van der Waals surface area contributed by atoms with Crippen LogP contribution in [0.25, 0.3) is 0 Å². The van der Waals surface area contributed by atoms with E-state index in [1.807, 2.05) is 12.1 Å². The van der Waals surface area contributed by atoms with Crippen molar-refractivity contribution < 1.29 is 4.79 Å². The number of hydrogen-bond acceptors (Lipinski definition) is 3. The van der Waals surface area contributed by atoms with E-state index in [4.69, 9.17) is 0 Å². The van der Waals surface area contributed by atoms with Crippen LogP contribution in [0.1, 0.15) is 18.9 Å². The highest BCUT2D eigenvalue weighted by atomic mass is 16.1. The van der Waals surface area contributed by atoms with Gasteiger partial charge in [-0.1, -0.05) is 0 Å². The Balaban J connectivity index is 1.73. The molecule has 0 radical (unpaired) electrons. The molecule has 1 aliphatic rings. The first-order valence-corrected chi connectivity index (χ1v) is 6.17. The Bertz CT molecular complexity index is 366. The summed E-state index contributed by atoms with van der Waals surface area (Å²) in [5.41, 5.74) is 1.21. The molecule has 0 spiro atoms. The number of amides is 1. The first kappa shape index (κ1) is 12.0. The van der Waals surface area contributed by atoms with Crippen molar-refractivity contribution in [1.29, 1.82) is 0 Å². The van der Waals surface area contributed by atoms with Gasteiger partial charge in [0, 0.05) is 25.0 Å². The molecule has 2 heterocycles. The third-order valence-corrected chi connectivity index (χ3v) is 3.32. The molecule has 1 aromatic rings. The van der Waals surface area contributed by atoms with Crippen molar-refractivity contribution in [1.82, 2.24) is 15.6 Å². The minimum atomic E-state index is 0.132. The zero-order valence-electron chi connectivity index (χ0n) is 10.1. The fraction of sp³-hybridized carbons (Fsp3) is 0.538. The van der Waals surface area contributed by atoms with Crippen LogP contribution in [0.5, 0.6) is 0 Å². The highest BCUT2D eigenvalue weighted by Crippen LogP contribution is 2.14. The Kier molecular flexibility index (Phi) is 4.09. The van der Waals surface area contributed by atoms with Crippen LogP contribution >= 0.6 is 0 Å². The number of aromatic nitrogens is 1. The molecule has 0 saturated carbocycles. The molecule has 2 rings (SSSR count). The van der Waals surface area contributed by atoms with Gasteiger partial charge in [0.1, 0.15) is 0 Å². The van der Waals surface area contributed by atoms with Crippen LogP contribution in [0.15, 0.2) is 24.5 Å². The van der Waals surface area contributed by atoms with E-state index in [1.54, 1.807) is 12.4 Å². The van der Waals surface area contributed by atoms with E-state index in [-0.39, 0.29) is 11.8 Å². The summed E-state index contributed by atoms with van der Waals surface area (Å²) in [6.07, 6.45) is 5.37. The SMILES string of the molecule is CC1NCCC1C(=O)NCCc1ccncc1. The Morgan fingerprint density at radius 3 is 2.94 bits per heavy atom. The maximum atomic E-state index is 11.9. The molecule has 4 heteroatoms. The minimum absolute atomic E-state index is 0.132. The topological polar surface area (TPSA) is 54.0 Å². The number of nitrogens with one attached hydrogen (secondary N) is 2. The van der Waals surface area contributed by atoms with Crippen LogP contribution in [0, 0.1) is 5.92 Å². The lowest BCUT2D eigenvalue weighted by molar-refractivity contribution is -0.125. The lowest BCUT2D eigenvalue weighted by Crippen LogP contribution is -2.37. The predicted octanol–water partition coefficient (Wildman–Crippen LogP) is 0.738. The predicted molar refractivity (Wildman–Crippen MR) is 66.5 cm³/mol. The van der Waals surface area contributed by atoms with E-state index in [9.17, 15) is 4.79 Å². The summed E-state index contributed by atoms with van der Waals surface area (Å²) >= 11 is 0. The Hall–Kier alpha value is -1.42. The zero-order chi connectivity index (χ0) is 12.1. The van der Waals surface area contributed by atoms with E-state index in [1.165, 1.54) is 5.56 Å². The van der Waals surface area contributed by atoms with Gasteiger partial charge in [-0.15, -0.1) is 0 Å². The summed E-state index contributed by atoms with van der Waals surface area (Å²) in [6.45, 7) is 3.72. The Labute approximate surface area is 102 Å². The molecule has 1 aliphatic heterocycles. The highest BCUT2D eigenvalue weighted by Gasteiger charge is 2.28. The first-order valence-electron chi connectivity index (χ1n) is 6.17. The molecule has 2 atom stereocenters. The molecule has 1 aromatic heterocycles. The van der Waals surface area contributed by atoms with Gasteiger partial charge in [-0.3, -0.25) is 9.78 Å². The lowest BCUT2D eigenvalue weighted by atomic mass is 10.0. The quantitative estimate of drug-likeness (QED) is 0.806. The van der Waals surface area contributed by atoms with Gasteiger partial charge in [-0.25, -0.2) is 0 Å². The van der Waals surface area contributed by atoms with E-state index in [0.29, 0.717) is 12.6 Å². The number of carbonyl (C=O) groups excluding carboxylic acids is 1. The van der Waals surface area contributed by atoms with Crippen molar-refractivity contribution in [3.63, 3.8) is 0 Å². The summed E-state index contributed by atoms with van der Waals surface area (Å²) in [4.78, 5) is 15.8. The van der Waals surface area contributed by atoms with Crippen molar-refractivity contribution in [2.75, 3.05) is 13.1 Å². The average molecular weight is 233 g/mol. The molecule has 4 nitrogen and oxygen atoms in total. The third kappa shape index (κ3) is 3.27. The normalized spacial score (nSPS) is 23.6. The summed E-state index contributed by atoms with van der Waals surface area (Å²) in [5, 5.41) is 6.29. The second-order valence-corrected chi connectivity index (χ2v) is 4.53. The van der Waals surface area contributed by atoms with Crippen LogP contribution in [-0.2, 0) is 11.2 Å². The fourth-order valence-electron chi connectivity index (χ4n) is 2.23. The molecular formula is C13H19N3O. The van der Waals surface area contributed by atoms with Gasteiger partial charge in [0.15, 0.2) is 0 Å². The van der Waals surface area contributed by atoms with Gasteiger partial charge < -0.3 is 10.6 Å². The van der Waals surface area contributed by atoms with Gasteiger partial charge in [0.2, 0.25) is 5.91 Å². The molecule has 1 amide bonds. The van der Waals surface area contributed by atoms with Crippen molar-refractivity contribution in [3.05, 3.63) is 30.1 Å². The minimum Gasteiger partial charge on any atom is -0.355 e. The van der Waals surface area contributed by atoms with E-state index in [2.05, 4.69) is 22.5 Å². The molecule has 92 valence electrons. The molecule has 0 aliphatic carbocycles. The standard InChI is InChI=1S/C13H19N3O/c1-10-12(5-9-15-10)13(17)16-8-4-11-2-6-14-7-3-11/h2-3,6-7,10,12,15H,4-5,8-9H2,1H3,(H,16,17). The summed E-state index contributed by atoms with van der Waals surface area (Å²) in [5.74, 6) is 0.309.